The second-order valence-corrected chi connectivity index (χ2v) is 6.33. The fourth-order valence-corrected chi connectivity index (χ4v) is 2.28. The molecule has 0 aliphatic rings. The molecule has 106 valence electrons. The van der Waals surface area contributed by atoms with Gasteiger partial charge in [0.15, 0.2) is 0 Å². The number of nitrogens with one attached hydrogen (secondary N) is 1. The molecule has 0 aromatic carbocycles. The standard InChI is InChI=1S/C13H27N3OS/c1-6-7-10(11(14)18)12(17)15-8-13(2,3)9-16(4)5/h10H,6-9H2,1-5H3,(H2,14,18)(H,15,17). The van der Waals surface area contributed by atoms with Gasteiger partial charge >= 0.3 is 0 Å². The summed E-state index contributed by atoms with van der Waals surface area (Å²) in [5.74, 6) is -0.378. The minimum atomic E-state index is -0.333. The molecule has 0 fully saturated rings. The Bertz CT molecular complexity index is 290. The number of nitrogens with zero attached hydrogens (tertiary/aromatic N) is 1. The molecule has 3 N–H and O–H groups in total. The summed E-state index contributed by atoms with van der Waals surface area (Å²) in [6.07, 6.45) is 1.62. The van der Waals surface area contributed by atoms with Crippen molar-refractivity contribution in [3.8, 4) is 0 Å². The van der Waals surface area contributed by atoms with Gasteiger partial charge in [-0.2, -0.15) is 0 Å². The second-order valence-electron chi connectivity index (χ2n) is 5.86. The van der Waals surface area contributed by atoms with Gasteiger partial charge in [0.1, 0.15) is 0 Å². The van der Waals surface area contributed by atoms with E-state index in [0.717, 1.165) is 19.4 Å². The first-order chi connectivity index (χ1) is 8.19. The van der Waals surface area contributed by atoms with E-state index >= 15 is 0 Å². The van der Waals surface area contributed by atoms with Crippen molar-refractivity contribution in [3.05, 3.63) is 0 Å². The average Bonchev–Trinajstić information content (AvgIpc) is 2.20. The van der Waals surface area contributed by atoms with Gasteiger partial charge in [0.25, 0.3) is 0 Å². The van der Waals surface area contributed by atoms with E-state index in [1.807, 2.05) is 21.0 Å². The average molecular weight is 273 g/mol. The summed E-state index contributed by atoms with van der Waals surface area (Å²) in [6, 6.07) is 0. The van der Waals surface area contributed by atoms with Crippen molar-refractivity contribution in [2.24, 2.45) is 17.1 Å². The van der Waals surface area contributed by atoms with Crippen LogP contribution >= 0.6 is 12.2 Å². The van der Waals surface area contributed by atoms with Crippen LogP contribution in [0.3, 0.4) is 0 Å². The molecule has 0 saturated heterocycles. The molecule has 0 aromatic rings. The molecule has 1 atom stereocenters. The van der Waals surface area contributed by atoms with Gasteiger partial charge in [0, 0.05) is 13.1 Å². The normalized spacial score (nSPS) is 13.4. The summed E-state index contributed by atoms with van der Waals surface area (Å²) in [5, 5.41) is 2.96. The van der Waals surface area contributed by atoms with E-state index in [2.05, 4.69) is 24.1 Å². The largest absolute Gasteiger partial charge is 0.393 e. The predicted molar refractivity (Wildman–Crippen MR) is 80.5 cm³/mol. The molecule has 1 unspecified atom stereocenters. The van der Waals surface area contributed by atoms with Crippen molar-refractivity contribution < 1.29 is 4.79 Å². The van der Waals surface area contributed by atoms with Crippen molar-refractivity contribution in [2.75, 3.05) is 27.2 Å². The van der Waals surface area contributed by atoms with Crippen LogP contribution in [0.2, 0.25) is 0 Å². The highest BCUT2D eigenvalue weighted by Gasteiger charge is 2.24. The Hall–Kier alpha value is -0.680. The lowest BCUT2D eigenvalue weighted by Crippen LogP contribution is -2.44. The van der Waals surface area contributed by atoms with Crippen molar-refractivity contribution in [1.29, 1.82) is 0 Å². The van der Waals surface area contributed by atoms with Crippen molar-refractivity contribution in [2.45, 2.75) is 33.6 Å². The van der Waals surface area contributed by atoms with Crippen LogP contribution in [-0.2, 0) is 4.79 Å². The summed E-state index contributed by atoms with van der Waals surface area (Å²) in [5.41, 5.74) is 5.64. The third kappa shape index (κ3) is 6.91. The zero-order valence-corrected chi connectivity index (χ0v) is 13.1. The molecule has 18 heavy (non-hydrogen) atoms. The number of thiocarbonyl (C=S) groups is 1. The second kappa shape index (κ2) is 7.69. The summed E-state index contributed by atoms with van der Waals surface area (Å²) in [4.78, 5) is 14.4. The smallest absolute Gasteiger partial charge is 0.229 e. The Balaban J connectivity index is 4.34. The summed E-state index contributed by atoms with van der Waals surface area (Å²) in [7, 11) is 4.05. The number of carbonyl (C=O) groups is 1. The van der Waals surface area contributed by atoms with Crippen LogP contribution in [0.25, 0.3) is 0 Å². The summed E-state index contributed by atoms with van der Waals surface area (Å²) < 4.78 is 0. The van der Waals surface area contributed by atoms with E-state index in [9.17, 15) is 4.79 Å². The zero-order chi connectivity index (χ0) is 14.3. The van der Waals surface area contributed by atoms with Crippen LogP contribution in [0.5, 0.6) is 0 Å². The number of nitrogens with two attached hydrogens (primary N) is 1. The third-order valence-corrected chi connectivity index (χ3v) is 3.01. The molecule has 5 heteroatoms. The van der Waals surface area contributed by atoms with Gasteiger partial charge in [0.2, 0.25) is 5.91 Å². The molecule has 4 nitrogen and oxygen atoms in total. The molecule has 0 rings (SSSR count). The van der Waals surface area contributed by atoms with E-state index in [4.69, 9.17) is 18.0 Å². The van der Waals surface area contributed by atoms with E-state index in [1.165, 1.54) is 0 Å². The SMILES string of the molecule is CCCC(C(=O)NCC(C)(C)CN(C)C)C(N)=S. The van der Waals surface area contributed by atoms with Crippen LogP contribution < -0.4 is 11.1 Å². The maximum absolute atomic E-state index is 12.0. The molecule has 0 radical (unpaired) electrons. The fraction of sp³-hybridized carbons (Fsp3) is 0.846. The predicted octanol–water partition coefficient (Wildman–Crippen LogP) is 1.39. The molecular weight excluding hydrogens is 246 g/mol. The minimum Gasteiger partial charge on any atom is -0.393 e. The van der Waals surface area contributed by atoms with E-state index in [1.54, 1.807) is 0 Å². The van der Waals surface area contributed by atoms with Crippen LogP contribution in [-0.4, -0.2) is 43.0 Å². The first-order valence-corrected chi connectivity index (χ1v) is 6.82. The van der Waals surface area contributed by atoms with Gasteiger partial charge in [-0.15, -0.1) is 0 Å². The maximum Gasteiger partial charge on any atom is 0.229 e. The Morgan fingerprint density at radius 3 is 2.39 bits per heavy atom. The van der Waals surface area contributed by atoms with Gasteiger partial charge in [-0.05, 0) is 25.9 Å². The minimum absolute atomic E-state index is 0.0339. The van der Waals surface area contributed by atoms with Gasteiger partial charge < -0.3 is 16.0 Å². The zero-order valence-electron chi connectivity index (χ0n) is 12.2. The molecule has 0 spiro atoms. The Morgan fingerprint density at radius 2 is 2.00 bits per heavy atom. The van der Waals surface area contributed by atoms with Crippen molar-refractivity contribution >= 4 is 23.1 Å². The van der Waals surface area contributed by atoms with Crippen molar-refractivity contribution in [1.82, 2.24) is 10.2 Å². The molecule has 0 aliphatic carbocycles. The quantitative estimate of drug-likeness (QED) is 0.656. The molecule has 1 amide bonds. The number of hydrogen-bond donors (Lipinski definition) is 2. The topological polar surface area (TPSA) is 58.4 Å². The van der Waals surface area contributed by atoms with Crippen LogP contribution in [0.15, 0.2) is 0 Å². The molecular formula is C13H27N3OS. The molecule has 0 bridgehead atoms. The van der Waals surface area contributed by atoms with Crippen molar-refractivity contribution in [3.63, 3.8) is 0 Å². The lowest BCUT2D eigenvalue weighted by molar-refractivity contribution is -0.123. The van der Waals surface area contributed by atoms with Gasteiger partial charge in [0.05, 0.1) is 10.9 Å². The van der Waals surface area contributed by atoms with Gasteiger partial charge in [-0.1, -0.05) is 39.4 Å². The van der Waals surface area contributed by atoms with Crippen LogP contribution in [0.4, 0.5) is 0 Å². The summed E-state index contributed by atoms with van der Waals surface area (Å²) >= 11 is 4.94. The molecule has 0 aliphatic heterocycles. The van der Waals surface area contributed by atoms with Crippen LogP contribution in [0, 0.1) is 11.3 Å². The fourth-order valence-electron chi connectivity index (χ4n) is 2.05. The monoisotopic (exact) mass is 273 g/mol. The lowest BCUT2D eigenvalue weighted by Gasteiger charge is -2.29. The van der Waals surface area contributed by atoms with Gasteiger partial charge in [-0.25, -0.2) is 0 Å². The Labute approximate surface area is 116 Å². The van der Waals surface area contributed by atoms with Gasteiger partial charge in [-0.3, -0.25) is 4.79 Å². The number of carbonyl (C=O) groups excluding carboxylic acids is 1. The highest BCUT2D eigenvalue weighted by Crippen LogP contribution is 2.15. The molecule has 0 aromatic heterocycles. The first-order valence-electron chi connectivity index (χ1n) is 6.41. The third-order valence-electron chi connectivity index (χ3n) is 2.72. The Kier molecular flexibility index (Phi) is 7.40. The number of amides is 1. The van der Waals surface area contributed by atoms with Crippen LogP contribution in [0.1, 0.15) is 33.6 Å². The number of rotatable bonds is 8. The highest BCUT2D eigenvalue weighted by atomic mass is 32.1. The summed E-state index contributed by atoms with van der Waals surface area (Å²) in [6.45, 7) is 7.83. The van der Waals surface area contributed by atoms with E-state index < -0.39 is 0 Å². The van der Waals surface area contributed by atoms with E-state index in [-0.39, 0.29) is 17.2 Å². The number of hydrogen-bond acceptors (Lipinski definition) is 3. The first kappa shape index (κ1) is 17.3. The maximum atomic E-state index is 12.0. The highest BCUT2D eigenvalue weighted by molar-refractivity contribution is 7.80. The Morgan fingerprint density at radius 1 is 1.44 bits per heavy atom. The molecule has 0 heterocycles. The molecule has 0 saturated carbocycles. The lowest BCUT2D eigenvalue weighted by atomic mass is 9.92. The van der Waals surface area contributed by atoms with E-state index in [0.29, 0.717) is 11.5 Å².